The van der Waals surface area contributed by atoms with Gasteiger partial charge in [0.15, 0.2) is 0 Å². The zero-order chi connectivity index (χ0) is 9.84. The van der Waals surface area contributed by atoms with Crippen molar-refractivity contribution in [1.29, 1.82) is 0 Å². The Hall–Kier alpha value is -1.06. The Morgan fingerprint density at radius 1 is 1.38 bits per heavy atom. The number of nitrogens with one attached hydrogen (secondary N) is 1. The van der Waals surface area contributed by atoms with E-state index >= 15 is 0 Å². The van der Waals surface area contributed by atoms with E-state index in [2.05, 4.69) is 5.32 Å². The molecule has 0 bridgehead atoms. The van der Waals surface area contributed by atoms with Gasteiger partial charge in [-0.3, -0.25) is 4.79 Å². The van der Waals surface area contributed by atoms with E-state index in [1.807, 2.05) is 0 Å². The molecule has 1 saturated carbocycles. The first-order valence-electron chi connectivity index (χ1n) is 4.59. The number of aliphatic carboxylic acids is 1. The predicted octanol–water partition coefficient (Wildman–Crippen LogP) is -0.569. The van der Waals surface area contributed by atoms with Crippen molar-refractivity contribution in [2.24, 2.45) is 5.92 Å². The summed E-state index contributed by atoms with van der Waals surface area (Å²) in [6.45, 7) is 1.32. The summed E-state index contributed by atoms with van der Waals surface area (Å²) in [5, 5.41) is 13.1. The Bertz CT molecular complexity index is 209. The molecule has 0 heterocycles. The maximum Gasteiger partial charge on any atom is 0.217 e. The van der Waals surface area contributed by atoms with E-state index in [1.165, 1.54) is 6.92 Å². The highest BCUT2D eigenvalue weighted by atomic mass is 16.4. The second-order valence-electron chi connectivity index (χ2n) is 3.54. The fourth-order valence-corrected chi connectivity index (χ4v) is 1.88. The molecule has 1 rings (SSSR count). The highest BCUT2D eigenvalue weighted by molar-refractivity contribution is 5.81. The van der Waals surface area contributed by atoms with Gasteiger partial charge in [-0.15, -0.1) is 0 Å². The van der Waals surface area contributed by atoms with Crippen LogP contribution in [0.3, 0.4) is 0 Å². The number of hydrogen-bond donors (Lipinski definition) is 1. The summed E-state index contributed by atoms with van der Waals surface area (Å²) in [7, 11) is 0. The number of amides is 1. The maximum absolute atomic E-state index is 10.7. The lowest BCUT2D eigenvalue weighted by Gasteiger charge is -2.24. The smallest absolute Gasteiger partial charge is 0.217 e. The lowest BCUT2D eigenvalue weighted by Crippen LogP contribution is -2.50. The van der Waals surface area contributed by atoms with Crippen molar-refractivity contribution in [2.45, 2.75) is 38.6 Å². The molecule has 13 heavy (non-hydrogen) atoms. The largest absolute Gasteiger partial charge is 0.548 e. The summed E-state index contributed by atoms with van der Waals surface area (Å²) in [6.07, 6.45) is 3.85. The van der Waals surface area contributed by atoms with Crippen molar-refractivity contribution in [3.8, 4) is 0 Å². The molecule has 0 spiro atoms. The summed E-state index contributed by atoms with van der Waals surface area (Å²) in [4.78, 5) is 21.4. The van der Waals surface area contributed by atoms with Crippen LogP contribution in [0.5, 0.6) is 0 Å². The Balaban J connectivity index is 2.55. The monoisotopic (exact) mass is 184 g/mol. The maximum atomic E-state index is 10.7. The van der Waals surface area contributed by atoms with E-state index in [1.54, 1.807) is 0 Å². The van der Waals surface area contributed by atoms with Gasteiger partial charge in [0.2, 0.25) is 5.91 Å². The molecule has 0 unspecified atom stereocenters. The Kier molecular flexibility index (Phi) is 3.28. The van der Waals surface area contributed by atoms with Crippen LogP contribution in [0.2, 0.25) is 0 Å². The molecule has 0 saturated heterocycles. The molecular formula is C9H14NO3-. The van der Waals surface area contributed by atoms with Gasteiger partial charge in [0.25, 0.3) is 0 Å². The zero-order valence-electron chi connectivity index (χ0n) is 7.71. The molecule has 1 amide bonds. The van der Waals surface area contributed by atoms with Crippen LogP contribution in [0.25, 0.3) is 0 Å². The van der Waals surface area contributed by atoms with E-state index in [0.717, 1.165) is 25.7 Å². The van der Waals surface area contributed by atoms with Crippen molar-refractivity contribution in [3.63, 3.8) is 0 Å². The summed E-state index contributed by atoms with van der Waals surface area (Å²) in [5.41, 5.74) is 0. The summed E-state index contributed by atoms with van der Waals surface area (Å²) in [5.74, 6) is -1.41. The average molecular weight is 184 g/mol. The Labute approximate surface area is 77.3 Å². The first-order chi connectivity index (χ1) is 6.11. The minimum absolute atomic E-state index is 0.0638. The molecule has 74 valence electrons. The number of hydrogen-bond acceptors (Lipinski definition) is 3. The predicted molar refractivity (Wildman–Crippen MR) is 44.6 cm³/mol. The Morgan fingerprint density at radius 2 is 1.92 bits per heavy atom. The first-order valence-corrected chi connectivity index (χ1v) is 4.59. The number of rotatable bonds is 3. The van der Waals surface area contributed by atoms with Crippen molar-refractivity contribution in [2.75, 3.05) is 0 Å². The summed E-state index contributed by atoms with van der Waals surface area (Å²) >= 11 is 0. The fraction of sp³-hybridized carbons (Fsp3) is 0.778. The second kappa shape index (κ2) is 4.25. The van der Waals surface area contributed by atoms with Crippen LogP contribution < -0.4 is 10.4 Å². The molecule has 4 nitrogen and oxygen atoms in total. The van der Waals surface area contributed by atoms with Crippen LogP contribution in [0, 0.1) is 5.92 Å². The summed E-state index contributed by atoms with van der Waals surface area (Å²) in [6, 6.07) is -0.792. The highest BCUT2D eigenvalue weighted by Gasteiger charge is 2.26. The Morgan fingerprint density at radius 3 is 2.31 bits per heavy atom. The molecule has 4 heteroatoms. The molecule has 1 aliphatic carbocycles. The topological polar surface area (TPSA) is 69.2 Å². The van der Waals surface area contributed by atoms with Gasteiger partial charge in [-0.05, 0) is 18.8 Å². The minimum Gasteiger partial charge on any atom is -0.548 e. The molecule has 0 aromatic rings. The molecule has 1 N–H and O–H groups in total. The van der Waals surface area contributed by atoms with E-state index in [4.69, 9.17) is 0 Å². The normalized spacial score (nSPS) is 19.8. The lowest BCUT2D eigenvalue weighted by atomic mass is 9.98. The van der Waals surface area contributed by atoms with Gasteiger partial charge < -0.3 is 15.2 Å². The number of carbonyl (C=O) groups is 2. The highest BCUT2D eigenvalue weighted by Crippen LogP contribution is 2.27. The third-order valence-corrected chi connectivity index (χ3v) is 2.48. The van der Waals surface area contributed by atoms with E-state index < -0.39 is 12.0 Å². The zero-order valence-corrected chi connectivity index (χ0v) is 7.71. The van der Waals surface area contributed by atoms with Crippen LogP contribution in [0.1, 0.15) is 32.6 Å². The number of carbonyl (C=O) groups excluding carboxylic acids is 2. The molecule has 1 atom stereocenters. The van der Waals surface area contributed by atoms with E-state index in [-0.39, 0.29) is 11.8 Å². The van der Waals surface area contributed by atoms with Crippen LogP contribution in [-0.2, 0) is 9.59 Å². The SMILES string of the molecule is CC(=O)N[C@@H](C(=O)[O-])C1CCCC1. The fourth-order valence-electron chi connectivity index (χ4n) is 1.88. The van der Waals surface area contributed by atoms with Gasteiger partial charge in [0.1, 0.15) is 0 Å². The van der Waals surface area contributed by atoms with Crippen molar-refractivity contribution in [3.05, 3.63) is 0 Å². The van der Waals surface area contributed by atoms with Gasteiger partial charge in [0, 0.05) is 6.92 Å². The molecule has 0 aromatic heterocycles. The molecule has 0 radical (unpaired) electrons. The first kappa shape index (κ1) is 10.0. The minimum atomic E-state index is -1.16. The van der Waals surface area contributed by atoms with Crippen LogP contribution in [0.4, 0.5) is 0 Å². The van der Waals surface area contributed by atoms with E-state index in [9.17, 15) is 14.7 Å². The van der Waals surface area contributed by atoms with Crippen molar-refractivity contribution < 1.29 is 14.7 Å². The summed E-state index contributed by atoms with van der Waals surface area (Å²) < 4.78 is 0. The van der Waals surface area contributed by atoms with Gasteiger partial charge in [0.05, 0.1) is 12.0 Å². The molecular weight excluding hydrogens is 170 g/mol. The van der Waals surface area contributed by atoms with Crippen molar-refractivity contribution in [1.82, 2.24) is 5.32 Å². The molecule has 0 aromatic carbocycles. The third-order valence-electron chi connectivity index (χ3n) is 2.48. The van der Waals surface area contributed by atoms with Gasteiger partial charge in [-0.25, -0.2) is 0 Å². The van der Waals surface area contributed by atoms with Gasteiger partial charge in [-0.2, -0.15) is 0 Å². The van der Waals surface area contributed by atoms with Gasteiger partial charge >= 0.3 is 0 Å². The van der Waals surface area contributed by atoms with Crippen molar-refractivity contribution >= 4 is 11.9 Å². The molecule has 1 fully saturated rings. The molecule has 1 aliphatic rings. The standard InChI is InChI=1S/C9H15NO3/c1-6(11)10-8(9(12)13)7-4-2-3-5-7/h7-8H,2-5H2,1H3,(H,10,11)(H,12,13)/p-1/t8-/m1/s1. The number of carboxylic acids is 1. The van der Waals surface area contributed by atoms with Crippen LogP contribution in [0.15, 0.2) is 0 Å². The van der Waals surface area contributed by atoms with Crippen LogP contribution >= 0.6 is 0 Å². The average Bonchev–Trinajstić information content (AvgIpc) is 2.50. The second-order valence-corrected chi connectivity index (χ2v) is 3.54. The lowest BCUT2D eigenvalue weighted by molar-refractivity contribution is -0.309. The van der Waals surface area contributed by atoms with Gasteiger partial charge in [-0.1, -0.05) is 12.8 Å². The third kappa shape index (κ3) is 2.72. The molecule has 0 aliphatic heterocycles. The quantitative estimate of drug-likeness (QED) is 0.638. The van der Waals surface area contributed by atoms with Crippen LogP contribution in [-0.4, -0.2) is 17.9 Å². The number of carboxylic acid groups (broad SMARTS) is 1. The van der Waals surface area contributed by atoms with E-state index in [0.29, 0.717) is 0 Å².